The van der Waals surface area contributed by atoms with Gasteiger partial charge in [0.1, 0.15) is 11.9 Å². The van der Waals surface area contributed by atoms with Gasteiger partial charge in [0.25, 0.3) is 0 Å². The number of benzene rings is 3. The minimum absolute atomic E-state index is 0.0440. The molecule has 0 amide bonds. The summed E-state index contributed by atoms with van der Waals surface area (Å²) in [5, 5.41) is 17.5. The van der Waals surface area contributed by atoms with Crippen LogP contribution in [0.5, 0.6) is 0 Å². The number of anilines is 3. The Labute approximate surface area is 241 Å². The van der Waals surface area contributed by atoms with Crippen molar-refractivity contribution >= 4 is 51.2 Å². The number of halogens is 3. The van der Waals surface area contributed by atoms with Gasteiger partial charge < -0.3 is 21.8 Å². The van der Waals surface area contributed by atoms with Crippen LogP contribution >= 0.6 is 23.2 Å². The summed E-state index contributed by atoms with van der Waals surface area (Å²) in [7, 11) is 0. The summed E-state index contributed by atoms with van der Waals surface area (Å²) in [5.74, 6) is 5.35. The van der Waals surface area contributed by atoms with Gasteiger partial charge in [-0.05, 0) is 53.6 Å². The number of hydrogen-bond acceptors (Lipinski definition) is 8. The summed E-state index contributed by atoms with van der Waals surface area (Å²) < 4.78 is 13.8. The van der Waals surface area contributed by atoms with E-state index in [9.17, 15) is 9.65 Å². The van der Waals surface area contributed by atoms with E-state index in [0.29, 0.717) is 38.7 Å². The molecule has 1 atom stereocenters. The lowest BCUT2D eigenvalue weighted by atomic mass is 9.95. The molecule has 0 bridgehead atoms. The fourth-order valence-electron chi connectivity index (χ4n) is 5.01. The summed E-state index contributed by atoms with van der Waals surface area (Å²) in [6.45, 7) is 4.76. The zero-order valence-electron chi connectivity index (χ0n) is 21.6. The lowest BCUT2D eigenvalue weighted by molar-refractivity contribution is 0.300. The van der Waals surface area contributed by atoms with E-state index < -0.39 is 11.9 Å². The van der Waals surface area contributed by atoms with E-state index in [1.165, 1.54) is 41.7 Å². The molecule has 3 aromatic carbocycles. The molecule has 11 heteroatoms. The maximum atomic E-state index is 13.8. The first-order valence-electron chi connectivity index (χ1n) is 12.6. The molecule has 4 aromatic rings. The van der Waals surface area contributed by atoms with Gasteiger partial charge in [0.15, 0.2) is 0 Å². The third kappa shape index (κ3) is 5.22. The van der Waals surface area contributed by atoms with Crippen LogP contribution in [-0.4, -0.2) is 16.4 Å². The lowest BCUT2D eigenvalue weighted by Gasteiger charge is -2.25. The monoisotopic (exact) mass is 576 g/mol. The normalized spacial score (nSPS) is 14.1. The number of nitrogens with zero attached hydrogens (tertiary/aromatic N) is 3. The van der Waals surface area contributed by atoms with E-state index in [1.54, 1.807) is 6.07 Å². The number of pyridine rings is 1. The summed E-state index contributed by atoms with van der Waals surface area (Å²) in [6.07, 6.45) is 2.88. The van der Waals surface area contributed by atoms with Crippen LogP contribution in [-0.2, 0) is 13.1 Å². The van der Waals surface area contributed by atoms with Crippen molar-refractivity contribution in [2.45, 2.75) is 26.1 Å². The first kappa shape index (κ1) is 27.5. The molecule has 204 valence electrons. The molecule has 0 saturated heterocycles. The highest BCUT2D eigenvalue weighted by atomic mass is 35.5. The third-order valence-electron chi connectivity index (χ3n) is 7.05. The van der Waals surface area contributed by atoms with Crippen LogP contribution in [0.15, 0.2) is 66.6 Å². The van der Waals surface area contributed by atoms with Crippen LogP contribution in [0.1, 0.15) is 35.2 Å². The summed E-state index contributed by atoms with van der Waals surface area (Å²) in [4.78, 5) is 6.77. The van der Waals surface area contributed by atoms with Gasteiger partial charge in [0.05, 0.1) is 38.6 Å². The number of nitrogens with two attached hydrogens (primary N) is 2. The van der Waals surface area contributed by atoms with Crippen molar-refractivity contribution in [3.8, 4) is 6.07 Å². The summed E-state index contributed by atoms with van der Waals surface area (Å²) >= 11 is 12.7. The molecule has 1 aliphatic heterocycles. The van der Waals surface area contributed by atoms with Crippen LogP contribution in [0.4, 0.5) is 21.5 Å². The quantitative estimate of drug-likeness (QED) is 0.127. The molecule has 0 saturated carbocycles. The first-order valence-corrected chi connectivity index (χ1v) is 13.3. The molecular formula is C29H27Cl2FN8. The topological polar surface area (TPSA) is 128 Å². The molecule has 0 fully saturated rings. The van der Waals surface area contributed by atoms with E-state index >= 15 is 0 Å². The average molecular weight is 577 g/mol. The largest absolute Gasteiger partial charge is 0.403 e. The van der Waals surface area contributed by atoms with Gasteiger partial charge in [0.2, 0.25) is 0 Å². The van der Waals surface area contributed by atoms with Crippen molar-refractivity contribution in [3.63, 3.8) is 0 Å². The molecule has 5 rings (SSSR count). The van der Waals surface area contributed by atoms with E-state index in [4.69, 9.17) is 34.8 Å². The molecule has 1 aliphatic rings. The summed E-state index contributed by atoms with van der Waals surface area (Å²) in [6, 6.07) is 15.8. The smallest absolute Gasteiger partial charge is 0.141 e. The molecule has 8 nitrogen and oxygen atoms in total. The van der Waals surface area contributed by atoms with Crippen LogP contribution in [0.3, 0.4) is 0 Å². The zero-order chi connectivity index (χ0) is 28.4. The van der Waals surface area contributed by atoms with Crippen molar-refractivity contribution in [2.75, 3.05) is 17.2 Å². The molecule has 1 aromatic heterocycles. The Morgan fingerprint density at radius 2 is 1.98 bits per heavy atom. The number of nitrogens with one attached hydrogen (secondary N) is 3. The summed E-state index contributed by atoms with van der Waals surface area (Å²) in [5.41, 5.74) is 15.2. The Kier molecular flexibility index (Phi) is 7.96. The van der Waals surface area contributed by atoms with Crippen LogP contribution in [0, 0.1) is 17.1 Å². The highest BCUT2D eigenvalue weighted by Gasteiger charge is 2.26. The second kappa shape index (κ2) is 11.6. The zero-order valence-corrected chi connectivity index (χ0v) is 23.1. The van der Waals surface area contributed by atoms with E-state index in [0.717, 1.165) is 25.2 Å². The molecule has 0 radical (unpaired) electrons. The van der Waals surface area contributed by atoms with Crippen molar-refractivity contribution in [2.24, 2.45) is 11.6 Å². The molecule has 7 N–H and O–H groups in total. The molecule has 2 heterocycles. The molecule has 0 aliphatic carbocycles. The Morgan fingerprint density at radius 1 is 1.18 bits per heavy atom. The van der Waals surface area contributed by atoms with Gasteiger partial charge in [-0.25, -0.2) is 4.39 Å². The van der Waals surface area contributed by atoms with Gasteiger partial charge in [-0.15, -0.1) is 0 Å². The Bertz CT molecular complexity index is 1670. The molecular weight excluding hydrogens is 550 g/mol. The Balaban J connectivity index is 1.61. The second-order valence-electron chi connectivity index (χ2n) is 9.40. The van der Waals surface area contributed by atoms with Crippen molar-refractivity contribution in [1.29, 1.82) is 5.26 Å². The number of aromatic nitrogens is 1. The average Bonchev–Trinajstić information content (AvgIpc) is 3.39. The number of fused-ring (bicyclic) bond motifs is 2. The maximum Gasteiger partial charge on any atom is 0.141 e. The van der Waals surface area contributed by atoms with E-state index in [1.807, 2.05) is 12.1 Å². The van der Waals surface area contributed by atoms with Gasteiger partial charge >= 0.3 is 0 Å². The lowest BCUT2D eigenvalue weighted by Crippen LogP contribution is -2.30. The van der Waals surface area contributed by atoms with E-state index in [-0.39, 0.29) is 10.6 Å². The maximum absolute atomic E-state index is 13.8. The number of hydrogen-bond donors (Lipinski definition) is 5. The second-order valence-corrected chi connectivity index (χ2v) is 10.2. The van der Waals surface area contributed by atoms with Crippen LogP contribution in [0.25, 0.3) is 10.9 Å². The fraction of sp³-hybridized carbons (Fsp3) is 0.172. The molecule has 40 heavy (non-hydrogen) atoms. The van der Waals surface area contributed by atoms with Gasteiger partial charge in [-0.1, -0.05) is 48.3 Å². The van der Waals surface area contributed by atoms with Gasteiger partial charge in [-0.3, -0.25) is 15.7 Å². The molecule has 0 spiro atoms. The third-order valence-corrected chi connectivity index (χ3v) is 7.62. The highest BCUT2D eigenvalue weighted by Crippen LogP contribution is 2.38. The van der Waals surface area contributed by atoms with E-state index in [2.05, 4.69) is 51.1 Å². The van der Waals surface area contributed by atoms with Crippen molar-refractivity contribution < 1.29 is 4.39 Å². The van der Waals surface area contributed by atoms with Crippen LogP contribution < -0.4 is 27.6 Å². The highest BCUT2D eigenvalue weighted by molar-refractivity contribution is 6.36. The van der Waals surface area contributed by atoms with Crippen molar-refractivity contribution in [3.05, 3.63) is 105 Å². The Hall–Kier alpha value is -4.07. The predicted octanol–water partition coefficient (Wildman–Crippen LogP) is 6.05. The fourth-order valence-corrected chi connectivity index (χ4v) is 5.46. The minimum atomic E-state index is -0.542. The van der Waals surface area contributed by atoms with Gasteiger partial charge in [-0.2, -0.15) is 5.26 Å². The van der Waals surface area contributed by atoms with Crippen molar-refractivity contribution in [1.82, 2.24) is 15.3 Å². The number of nitriles is 1. The SMILES string of the molecule is CCN1Cc2cccc([C@H](Nc3cc(Cl)c4ncc(C#N)c(Nc5ccc(F)c(Cl)c5)c4c3)/C(=C/N)NN)c2C1. The Morgan fingerprint density at radius 3 is 2.67 bits per heavy atom. The standard InChI is InChI=1S/C29H27Cl2FN8/c1-2-40-14-16-4-3-5-20(22(16)15-40)29(26(12-34)39-35)38-19-8-21-27(37-18-6-7-25(32)23(30)9-18)17(11-33)13-36-28(21)24(31)10-19/h3-10,12-13,29,38-39H,2,14-15,34-35H2,1H3,(H,36,37)/b26-12-/t29-/m0/s1. The first-order chi connectivity index (χ1) is 19.4. The predicted molar refractivity (Wildman–Crippen MR) is 158 cm³/mol. The minimum Gasteiger partial charge on any atom is -0.403 e. The van der Waals surface area contributed by atoms with Gasteiger partial charge in [0, 0.05) is 42.2 Å². The van der Waals surface area contributed by atoms with Crippen LogP contribution in [0.2, 0.25) is 10.0 Å². The number of hydrazine groups is 1. The number of rotatable bonds is 8. The molecule has 0 unspecified atom stereocenters.